The molecule has 0 radical (unpaired) electrons. The first kappa shape index (κ1) is 13.6. The molecule has 0 aliphatic rings. The molecule has 1 heterocycles. The highest BCUT2D eigenvalue weighted by Crippen LogP contribution is 2.25. The van der Waals surface area contributed by atoms with Crippen molar-refractivity contribution in [3.05, 3.63) is 23.0 Å². The fourth-order valence-corrected chi connectivity index (χ4v) is 2.25. The molecule has 16 heavy (non-hydrogen) atoms. The molecule has 2 nitrogen and oxygen atoms in total. The summed E-state index contributed by atoms with van der Waals surface area (Å²) in [5, 5.41) is 0. The standard InChI is InChI=1S/C12H17Cl2NO/c1-8-7-15-11(4-10(5-13)6-14)9(2)12(8)16-3/h7,10H,4-6H2,1-3H3. The number of rotatable bonds is 5. The normalized spacial score (nSPS) is 10.9. The smallest absolute Gasteiger partial charge is 0.128 e. The van der Waals surface area contributed by atoms with Gasteiger partial charge in [0.1, 0.15) is 5.75 Å². The van der Waals surface area contributed by atoms with Crippen molar-refractivity contribution in [2.75, 3.05) is 18.9 Å². The van der Waals surface area contributed by atoms with Gasteiger partial charge < -0.3 is 4.74 Å². The molecule has 0 saturated heterocycles. The second-order valence-electron chi connectivity index (χ2n) is 3.92. The van der Waals surface area contributed by atoms with Crippen molar-refractivity contribution in [1.82, 2.24) is 4.98 Å². The first-order valence-corrected chi connectivity index (χ1v) is 6.31. The minimum atomic E-state index is 0.266. The summed E-state index contributed by atoms with van der Waals surface area (Å²) in [5.41, 5.74) is 3.16. The Balaban J connectivity index is 2.97. The Labute approximate surface area is 107 Å². The fraction of sp³-hybridized carbons (Fsp3) is 0.583. The van der Waals surface area contributed by atoms with E-state index in [2.05, 4.69) is 4.98 Å². The average Bonchev–Trinajstić information content (AvgIpc) is 2.29. The van der Waals surface area contributed by atoms with E-state index >= 15 is 0 Å². The van der Waals surface area contributed by atoms with Gasteiger partial charge in [-0.25, -0.2) is 0 Å². The van der Waals surface area contributed by atoms with E-state index in [9.17, 15) is 0 Å². The summed E-state index contributed by atoms with van der Waals surface area (Å²) in [6, 6.07) is 0. The Morgan fingerprint density at radius 2 is 1.94 bits per heavy atom. The van der Waals surface area contributed by atoms with E-state index in [4.69, 9.17) is 27.9 Å². The van der Waals surface area contributed by atoms with Crippen LogP contribution >= 0.6 is 23.2 Å². The van der Waals surface area contributed by atoms with Gasteiger partial charge in [-0.1, -0.05) is 0 Å². The van der Waals surface area contributed by atoms with Gasteiger partial charge in [0.2, 0.25) is 0 Å². The molecule has 0 aromatic carbocycles. The number of aryl methyl sites for hydroxylation is 1. The van der Waals surface area contributed by atoms with Crippen LogP contribution in [0.25, 0.3) is 0 Å². The van der Waals surface area contributed by atoms with Gasteiger partial charge >= 0.3 is 0 Å². The Hall–Kier alpha value is -0.470. The number of methoxy groups -OCH3 is 1. The highest BCUT2D eigenvalue weighted by molar-refractivity contribution is 6.20. The predicted molar refractivity (Wildman–Crippen MR) is 68.9 cm³/mol. The highest BCUT2D eigenvalue weighted by atomic mass is 35.5. The quantitative estimate of drug-likeness (QED) is 0.759. The van der Waals surface area contributed by atoms with Crippen LogP contribution in [-0.2, 0) is 6.42 Å². The highest BCUT2D eigenvalue weighted by Gasteiger charge is 2.14. The molecule has 0 N–H and O–H groups in total. The van der Waals surface area contributed by atoms with Gasteiger partial charge in [0.25, 0.3) is 0 Å². The molecule has 0 fully saturated rings. The Kier molecular flexibility index (Phi) is 5.36. The number of ether oxygens (including phenoxy) is 1. The molecule has 0 saturated carbocycles. The topological polar surface area (TPSA) is 22.1 Å². The number of hydrogen-bond acceptors (Lipinski definition) is 2. The van der Waals surface area contributed by atoms with Crippen LogP contribution in [0.4, 0.5) is 0 Å². The van der Waals surface area contributed by atoms with Gasteiger partial charge in [0.15, 0.2) is 0 Å². The Morgan fingerprint density at radius 3 is 2.44 bits per heavy atom. The van der Waals surface area contributed by atoms with Crippen LogP contribution in [-0.4, -0.2) is 23.9 Å². The number of alkyl halides is 2. The van der Waals surface area contributed by atoms with E-state index in [0.717, 1.165) is 29.0 Å². The van der Waals surface area contributed by atoms with Crippen LogP contribution < -0.4 is 4.74 Å². The van der Waals surface area contributed by atoms with E-state index in [1.165, 1.54) is 0 Å². The second kappa shape index (κ2) is 6.31. The maximum absolute atomic E-state index is 5.83. The van der Waals surface area contributed by atoms with Crippen molar-refractivity contribution in [2.24, 2.45) is 5.92 Å². The number of halogens is 2. The van der Waals surface area contributed by atoms with Crippen LogP contribution in [0.1, 0.15) is 16.8 Å². The first-order chi connectivity index (χ1) is 7.63. The monoisotopic (exact) mass is 261 g/mol. The molecule has 0 bridgehead atoms. The Bertz CT molecular complexity index is 351. The van der Waals surface area contributed by atoms with Crippen LogP contribution in [0.3, 0.4) is 0 Å². The average molecular weight is 262 g/mol. The van der Waals surface area contributed by atoms with E-state index in [-0.39, 0.29) is 5.92 Å². The lowest BCUT2D eigenvalue weighted by atomic mass is 10.0. The van der Waals surface area contributed by atoms with E-state index in [0.29, 0.717) is 11.8 Å². The third-order valence-corrected chi connectivity index (χ3v) is 3.54. The van der Waals surface area contributed by atoms with Crippen LogP contribution in [0.5, 0.6) is 5.75 Å². The van der Waals surface area contributed by atoms with Gasteiger partial charge in [-0.15, -0.1) is 23.2 Å². The first-order valence-electron chi connectivity index (χ1n) is 5.25. The molecule has 0 amide bonds. The minimum absolute atomic E-state index is 0.266. The minimum Gasteiger partial charge on any atom is -0.496 e. The molecule has 0 atom stereocenters. The summed E-state index contributed by atoms with van der Waals surface area (Å²) in [6.45, 7) is 4.01. The summed E-state index contributed by atoms with van der Waals surface area (Å²) in [6.07, 6.45) is 2.64. The summed E-state index contributed by atoms with van der Waals surface area (Å²) >= 11 is 11.7. The van der Waals surface area contributed by atoms with Gasteiger partial charge in [-0.05, 0) is 26.2 Å². The number of pyridine rings is 1. The van der Waals surface area contributed by atoms with Gasteiger partial charge in [-0.2, -0.15) is 0 Å². The molecule has 1 aromatic rings. The van der Waals surface area contributed by atoms with Gasteiger partial charge in [-0.3, -0.25) is 4.98 Å². The zero-order valence-electron chi connectivity index (χ0n) is 9.89. The van der Waals surface area contributed by atoms with E-state index in [1.54, 1.807) is 7.11 Å². The molecule has 90 valence electrons. The van der Waals surface area contributed by atoms with Crippen LogP contribution in [0.15, 0.2) is 6.20 Å². The van der Waals surface area contributed by atoms with Crippen molar-refractivity contribution in [1.29, 1.82) is 0 Å². The summed E-state index contributed by atoms with van der Waals surface area (Å²) in [7, 11) is 1.68. The third-order valence-electron chi connectivity index (χ3n) is 2.67. The van der Waals surface area contributed by atoms with E-state index in [1.807, 2.05) is 20.0 Å². The maximum atomic E-state index is 5.83. The van der Waals surface area contributed by atoms with Crippen LogP contribution in [0, 0.1) is 19.8 Å². The number of nitrogens with zero attached hydrogens (tertiary/aromatic N) is 1. The zero-order valence-corrected chi connectivity index (χ0v) is 11.4. The van der Waals surface area contributed by atoms with Gasteiger partial charge in [0.05, 0.1) is 7.11 Å². The largest absolute Gasteiger partial charge is 0.496 e. The van der Waals surface area contributed by atoms with Crippen molar-refractivity contribution >= 4 is 23.2 Å². The SMILES string of the molecule is COc1c(C)cnc(CC(CCl)CCl)c1C. The molecular weight excluding hydrogens is 245 g/mol. The molecule has 0 aliphatic heterocycles. The van der Waals surface area contributed by atoms with Crippen molar-refractivity contribution < 1.29 is 4.74 Å². The van der Waals surface area contributed by atoms with Crippen LogP contribution in [0.2, 0.25) is 0 Å². The maximum Gasteiger partial charge on any atom is 0.128 e. The third kappa shape index (κ3) is 3.02. The van der Waals surface area contributed by atoms with Gasteiger partial charge in [0, 0.05) is 34.8 Å². The molecule has 4 heteroatoms. The number of hydrogen-bond donors (Lipinski definition) is 0. The lowest BCUT2D eigenvalue weighted by Crippen LogP contribution is -2.11. The summed E-state index contributed by atoms with van der Waals surface area (Å²) in [4.78, 5) is 4.42. The molecular formula is C12H17Cl2NO. The second-order valence-corrected chi connectivity index (χ2v) is 4.54. The predicted octanol–water partition coefficient (Wildman–Crippen LogP) is 3.34. The zero-order chi connectivity index (χ0) is 12.1. The lowest BCUT2D eigenvalue weighted by molar-refractivity contribution is 0.406. The number of aromatic nitrogens is 1. The molecule has 0 spiro atoms. The summed E-state index contributed by atoms with van der Waals surface area (Å²) < 4.78 is 5.36. The molecule has 0 unspecified atom stereocenters. The Morgan fingerprint density at radius 1 is 1.31 bits per heavy atom. The van der Waals surface area contributed by atoms with E-state index < -0.39 is 0 Å². The van der Waals surface area contributed by atoms with Crippen molar-refractivity contribution in [3.63, 3.8) is 0 Å². The molecule has 1 rings (SSSR count). The molecule has 1 aromatic heterocycles. The molecule has 0 aliphatic carbocycles. The van der Waals surface area contributed by atoms with Crippen molar-refractivity contribution in [2.45, 2.75) is 20.3 Å². The van der Waals surface area contributed by atoms with Crippen molar-refractivity contribution in [3.8, 4) is 5.75 Å². The summed E-state index contributed by atoms with van der Waals surface area (Å²) in [5.74, 6) is 2.29. The fourth-order valence-electron chi connectivity index (χ4n) is 1.70. The lowest BCUT2D eigenvalue weighted by Gasteiger charge is -2.15.